The molecule has 0 saturated carbocycles. The third-order valence-corrected chi connectivity index (χ3v) is 4.16. The molecule has 1 aromatic carbocycles. The van der Waals surface area contributed by atoms with Crippen LogP contribution in [0.4, 0.5) is 19.3 Å². The number of halogens is 2. The predicted molar refractivity (Wildman–Crippen MR) is 82.9 cm³/mol. The molecule has 122 valence electrons. The Labute approximate surface area is 129 Å². The summed E-state index contributed by atoms with van der Waals surface area (Å²) in [6.07, 6.45) is 3.63. The maximum Gasteiger partial charge on any atom is 0.319 e. The van der Waals surface area contributed by atoms with E-state index in [4.69, 9.17) is 0 Å². The van der Waals surface area contributed by atoms with Crippen molar-refractivity contribution in [2.24, 2.45) is 0 Å². The molecular weight excluding hydrogens is 288 g/mol. The molecule has 1 aromatic rings. The number of carbonyl (C=O) groups excluding carboxylic acids is 1. The number of piperidine rings is 1. The average molecular weight is 311 g/mol. The molecule has 0 bridgehead atoms. The van der Waals surface area contributed by atoms with Crippen molar-refractivity contribution in [3.8, 4) is 0 Å². The molecule has 1 saturated heterocycles. The first-order chi connectivity index (χ1) is 10.5. The number of rotatable bonds is 4. The number of anilines is 1. The van der Waals surface area contributed by atoms with Gasteiger partial charge in [0.25, 0.3) is 0 Å². The van der Waals surface area contributed by atoms with Crippen LogP contribution in [-0.2, 0) is 0 Å². The molecule has 2 N–H and O–H groups in total. The van der Waals surface area contributed by atoms with Crippen molar-refractivity contribution < 1.29 is 13.6 Å². The van der Waals surface area contributed by atoms with Crippen LogP contribution in [0.15, 0.2) is 18.2 Å². The van der Waals surface area contributed by atoms with Crippen molar-refractivity contribution in [3.63, 3.8) is 0 Å². The maximum absolute atomic E-state index is 13.1. The van der Waals surface area contributed by atoms with Gasteiger partial charge in [-0.2, -0.15) is 0 Å². The molecule has 2 unspecified atom stereocenters. The predicted octanol–water partition coefficient (Wildman–Crippen LogP) is 3.35. The van der Waals surface area contributed by atoms with Gasteiger partial charge in [-0.25, -0.2) is 13.6 Å². The van der Waals surface area contributed by atoms with Gasteiger partial charge in [0.2, 0.25) is 0 Å². The highest BCUT2D eigenvalue weighted by molar-refractivity contribution is 5.89. The standard InChI is InChI=1S/C16H23F2N3O/c1-11-5-3-4-8-21(11)12(2)10-19-16(22)20-13-6-7-14(17)15(18)9-13/h6-7,9,11-12H,3-5,8,10H2,1-2H3,(H2,19,20,22). The molecule has 1 aliphatic heterocycles. The van der Waals surface area contributed by atoms with Crippen molar-refractivity contribution in [1.29, 1.82) is 0 Å². The van der Waals surface area contributed by atoms with Crippen LogP contribution < -0.4 is 10.6 Å². The zero-order valence-corrected chi connectivity index (χ0v) is 13.0. The van der Waals surface area contributed by atoms with Crippen molar-refractivity contribution in [2.45, 2.75) is 45.2 Å². The summed E-state index contributed by atoms with van der Waals surface area (Å²) in [7, 11) is 0. The van der Waals surface area contributed by atoms with Gasteiger partial charge in [0.1, 0.15) is 0 Å². The van der Waals surface area contributed by atoms with Gasteiger partial charge in [-0.1, -0.05) is 6.42 Å². The molecule has 0 spiro atoms. The lowest BCUT2D eigenvalue weighted by Crippen LogP contribution is -2.49. The number of amides is 2. The fraction of sp³-hybridized carbons (Fsp3) is 0.562. The minimum Gasteiger partial charge on any atom is -0.336 e. The Kier molecular flexibility index (Phi) is 5.71. The van der Waals surface area contributed by atoms with Crippen molar-refractivity contribution in [2.75, 3.05) is 18.4 Å². The number of likely N-dealkylation sites (tertiary alicyclic amines) is 1. The molecule has 2 atom stereocenters. The third kappa shape index (κ3) is 4.40. The number of nitrogens with one attached hydrogen (secondary N) is 2. The smallest absolute Gasteiger partial charge is 0.319 e. The Morgan fingerprint density at radius 2 is 2.14 bits per heavy atom. The van der Waals surface area contributed by atoms with E-state index < -0.39 is 17.7 Å². The van der Waals surface area contributed by atoms with Gasteiger partial charge < -0.3 is 10.6 Å². The van der Waals surface area contributed by atoms with E-state index in [-0.39, 0.29) is 11.7 Å². The van der Waals surface area contributed by atoms with Crippen molar-refractivity contribution >= 4 is 11.7 Å². The summed E-state index contributed by atoms with van der Waals surface area (Å²) in [5.41, 5.74) is 0.232. The fourth-order valence-electron chi connectivity index (χ4n) is 2.88. The van der Waals surface area contributed by atoms with Gasteiger partial charge in [0.05, 0.1) is 0 Å². The quantitative estimate of drug-likeness (QED) is 0.895. The van der Waals surface area contributed by atoms with E-state index in [1.807, 2.05) is 0 Å². The Bertz CT molecular complexity index is 524. The molecule has 6 heteroatoms. The molecule has 1 heterocycles. The number of hydrogen-bond acceptors (Lipinski definition) is 2. The van der Waals surface area contributed by atoms with Crippen LogP contribution in [0.3, 0.4) is 0 Å². The maximum atomic E-state index is 13.1. The lowest BCUT2D eigenvalue weighted by Gasteiger charge is -2.38. The van der Waals surface area contributed by atoms with E-state index in [1.165, 1.54) is 25.3 Å². The topological polar surface area (TPSA) is 44.4 Å². The Hall–Kier alpha value is -1.69. The van der Waals surface area contributed by atoms with Crippen LogP contribution in [-0.4, -0.2) is 36.1 Å². The highest BCUT2D eigenvalue weighted by Crippen LogP contribution is 2.18. The normalized spacial score (nSPS) is 20.5. The van der Waals surface area contributed by atoms with Crippen LogP contribution in [0.5, 0.6) is 0 Å². The molecule has 2 rings (SSSR count). The lowest BCUT2D eigenvalue weighted by atomic mass is 10.0. The zero-order chi connectivity index (χ0) is 16.1. The van der Waals surface area contributed by atoms with Gasteiger partial charge in [-0.3, -0.25) is 4.90 Å². The van der Waals surface area contributed by atoms with E-state index in [2.05, 4.69) is 29.4 Å². The molecule has 4 nitrogen and oxygen atoms in total. The Morgan fingerprint density at radius 1 is 1.36 bits per heavy atom. The molecule has 0 radical (unpaired) electrons. The third-order valence-electron chi connectivity index (χ3n) is 4.16. The SMILES string of the molecule is CC1CCCCN1C(C)CNC(=O)Nc1ccc(F)c(F)c1. The monoisotopic (exact) mass is 311 g/mol. The van der Waals surface area contributed by atoms with Crippen LogP contribution in [0.25, 0.3) is 0 Å². The first-order valence-electron chi connectivity index (χ1n) is 7.73. The summed E-state index contributed by atoms with van der Waals surface area (Å²) < 4.78 is 25.9. The van der Waals surface area contributed by atoms with E-state index in [9.17, 15) is 13.6 Å². The Balaban J connectivity index is 1.80. The first kappa shape index (κ1) is 16.7. The van der Waals surface area contributed by atoms with E-state index in [0.29, 0.717) is 12.6 Å². The summed E-state index contributed by atoms with van der Waals surface area (Å²) in [6, 6.07) is 3.63. The van der Waals surface area contributed by atoms with Gasteiger partial charge in [-0.15, -0.1) is 0 Å². The highest BCUT2D eigenvalue weighted by atomic mass is 19.2. The van der Waals surface area contributed by atoms with Crippen LogP contribution >= 0.6 is 0 Å². The number of benzene rings is 1. The zero-order valence-electron chi connectivity index (χ0n) is 13.0. The van der Waals surface area contributed by atoms with Gasteiger partial charge in [0, 0.05) is 30.4 Å². The lowest BCUT2D eigenvalue weighted by molar-refractivity contribution is 0.114. The number of urea groups is 1. The summed E-state index contributed by atoms with van der Waals surface area (Å²) in [4.78, 5) is 14.2. The minimum absolute atomic E-state index is 0.232. The van der Waals surface area contributed by atoms with E-state index in [1.54, 1.807) is 0 Å². The molecule has 0 aliphatic carbocycles. The Morgan fingerprint density at radius 3 is 2.82 bits per heavy atom. The summed E-state index contributed by atoms with van der Waals surface area (Å²) in [5, 5.41) is 5.28. The minimum atomic E-state index is -0.978. The second-order valence-corrected chi connectivity index (χ2v) is 5.90. The first-order valence-corrected chi connectivity index (χ1v) is 7.73. The number of nitrogens with zero attached hydrogens (tertiary/aromatic N) is 1. The van der Waals surface area contributed by atoms with Crippen LogP contribution in [0.2, 0.25) is 0 Å². The summed E-state index contributed by atoms with van der Waals surface area (Å²) in [6.45, 7) is 5.85. The van der Waals surface area contributed by atoms with Crippen molar-refractivity contribution in [1.82, 2.24) is 10.2 Å². The molecule has 1 fully saturated rings. The molecule has 0 aromatic heterocycles. The number of hydrogen-bond donors (Lipinski definition) is 2. The molecular formula is C16H23F2N3O. The summed E-state index contributed by atoms with van der Waals surface area (Å²) in [5.74, 6) is -1.91. The van der Waals surface area contributed by atoms with Crippen LogP contribution in [0, 0.1) is 11.6 Å². The summed E-state index contributed by atoms with van der Waals surface area (Å²) >= 11 is 0. The van der Waals surface area contributed by atoms with Gasteiger partial charge in [0.15, 0.2) is 11.6 Å². The molecule has 2 amide bonds. The second kappa shape index (κ2) is 7.54. The van der Waals surface area contributed by atoms with Gasteiger partial charge >= 0.3 is 6.03 Å². The second-order valence-electron chi connectivity index (χ2n) is 5.90. The number of carbonyl (C=O) groups is 1. The molecule has 22 heavy (non-hydrogen) atoms. The van der Waals surface area contributed by atoms with E-state index >= 15 is 0 Å². The molecule has 1 aliphatic rings. The largest absolute Gasteiger partial charge is 0.336 e. The van der Waals surface area contributed by atoms with Crippen molar-refractivity contribution in [3.05, 3.63) is 29.8 Å². The van der Waals surface area contributed by atoms with Crippen LogP contribution in [0.1, 0.15) is 33.1 Å². The van der Waals surface area contributed by atoms with E-state index in [0.717, 1.165) is 18.7 Å². The van der Waals surface area contributed by atoms with Gasteiger partial charge in [-0.05, 0) is 45.4 Å². The fourth-order valence-corrected chi connectivity index (χ4v) is 2.88. The highest BCUT2D eigenvalue weighted by Gasteiger charge is 2.23. The average Bonchev–Trinajstić information content (AvgIpc) is 2.49.